The molecule has 0 rings (SSSR count). The van der Waals surface area contributed by atoms with Crippen LogP contribution in [-0.2, 0) is 28.7 Å². The molecule has 0 heterocycles. The molecule has 1 amide bonds. The molecular weight excluding hydrogens is 644 g/mol. The molecule has 9 heteroatoms. The molecule has 0 aromatic heterocycles. The molecule has 0 radical (unpaired) electrons. The number of unbranched alkanes of at least 4 members (excludes halogenated alkanes) is 26. The Morgan fingerprint density at radius 1 is 0.510 bits per heavy atom. The molecule has 300 valence electrons. The van der Waals surface area contributed by atoms with Crippen LogP contribution in [-0.4, -0.2) is 54.2 Å². The average molecular weight is 725 g/mol. The van der Waals surface area contributed by atoms with E-state index in [-0.39, 0.29) is 32.3 Å². The number of nitrogens with two attached hydrogens (primary N) is 1. The number of nitrogens with one attached hydrogen (secondary N) is 1. The lowest BCUT2D eigenvalue weighted by atomic mass is 10.0. The molecule has 0 aliphatic heterocycles. The summed E-state index contributed by atoms with van der Waals surface area (Å²) in [5.74, 6) is -2.67. The van der Waals surface area contributed by atoms with Crippen molar-refractivity contribution in [1.82, 2.24) is 5.32 Å². The molecule has 0 saturated carbocycles. The van der Waals surface area contributed by atoms with Gasteiger partial charge in [0.15, 0.2) is 0 Å². The Bertz CT molecular complexity index is 838. The second kappa shape index (κ2) is 37.6. The normalized spacial score (nSPS) is 12.4. The van der Waals surface area contributed by atoms with Crippen LogP contribution < -0.4 is 11.1 Å². The quantitative estimate of drug-likeness (QED) is 0.0419. The number of carboxylic acid groups (broad SMARTS) is 1. The van der Waals surface area contributed by atoms with Gasteiger partial charge in [-0.25, -0.2) is 4.79 Å². The Hall–Kier alpha value is -2.16. The minimum atomic E-state index is -1.19. The van der Waals surface area contributed by atoms with Crippen LogP contribution in [0.2, 0.25) is 0 Å². The Balaban J connectivity index is 4.19. The van der Waals surface area contributed by atoms with Gasteiger partial charge in [-0.1, -0.05) is 181 Å². The first-order valence-corrected chi connectivity index (χ1v) is 21.4. The van der Waals surface area contributed by atoms with Gasteiger partial charge in [0.2, 0.25) is 5.91 Å². The number of carbonyl (C=O) groups is 4. The summed E-state index contributed by atoms with van der Waals surface area (Å²) in [6, 6.07) is -2.16. The summed E-state index contributed by atoms with van der Waals surface area (Å²) >= 11 is 0. The smallest absolute Gasteiger partial charge is 0.328 e. The highest BCUT2D eigenvalue weighted by atomic mass is 16.5. The molecule has 0 saturated heterocycles. The number of carboxylic acids is 1. The summed E-state index contributed by atoms with van der Waals surface area (Å²) in [6.45, 7) is 5.12. The topological polar surface area (TPSA) is 145 Å². The second-order valence-electron chi connectivity index (χ2n) is 14.7. The van der Waals surface area contributed by atoms with Crippen molar-refractivity contribution < 1.29 is 33.8 Å². The van der Waals surface area contributed by atoms with E-state index in [0.29, 0.717) is 6.61 Å². The molecule has 51 heavy (non-hydrogen) atoms. The van der Waals surface area contributed by atoms with E-state index in [0.717, 1.165) is 38.5 Å². The summed E-state index contributed by atoms with van der Waals surface area (Å²) in [4.78, 5) is 48.8. The number of amides is 1. The van der Waals surface area contributed by atoms with Crippen molar-refractivity contribution in [1.29, 1.82) is 0 Å². The molecule has 2 atom stereocenters. The minimum absolute atomic E-state index is 0.0217. The third-order valence-electron chi connectivity index (χ3n) is 9.76. The lowest BCUT2D eigenvalue weighted by Gasteiger charge is -2.18. The maximum atomic E-state index is 12.9. The van der Waals surface area contributed by atoms with Gasteiger partial charge in [-0.2, -0.15) is 0 Å². The van der Waals surface area contributed by atoms with Gasteiger partial charge in [0.05, 0.1) is 13.2 Å². The number of rotatable bonds is 39. The maximum Gasteiger partial charge on any atom is 0.328 e. The van der Waals surface area contributed by atoms with E-state index in [1.807, 2.05) is 0 Å². The Labute approximate surface area is 312 Å². The fourth-order valence-electron chi connectivity index (χ4n) is 6.31. The number of carbonyl (C=O) groups excluding carboxylic acids is 3. The molecule has 0 aromatic rings. The number of hydrogen-bond acceptors (Lipinski definition) is 7. The third kappa shape index (κ3) is 34.7. The fraction of sp³-hybridized carbons (Fsp3) is 0.905. The summed E-state index contributed by atoms with van der Waals surface area (Å²) in [7, 11) is 0. The lowest BCUT2D eigenvalue weighted by Crippen LogP contribution is -2.43. The molecule has 0 bridgehead atoms. The predicted octanol–water partition coefficient (Wildman–Crippen LogP) is 10.5. The predicted molar refractivity (Wildman–Crippen MR) is 209 cm³/mol. The van der Waals surface area contributed by atoms with Gasteiger partial charge in [-0.05, 0) is 25.7 Å². The molecule has 0 fully saturated rings. The average Bonchev–Trinajstić information content (AvgIpc) is 3.12. The highest BCUT2D eigenvalue weighted by Gasteiger charge is 2.24. The third-order valence-corrected chi connectivity index (χ3v) is 9.76. The fourth-order valence-corrected chi connectivity index (χ4v) is 6.31. The highest BCUT2D eigenvalue weighted by Crippen LogP contribution is 2.15. The Morgan fingerprint density at radius 2 is 0.863 bits per heavy atom. The van der Waals surface area contributed by atoms with E-state index in [1.54, 1.807) is 0 Å². The van der Waals surface area contributed by atoms with Gasteiger partial charge in [-0.3, -0.25) is 14.4 Å². The van der Waals surface area contributed by atoms with Crippen LogP contribution in [0.15, 0.2) is 0 Å². The van der Waals surface area contributed by atoms with Crippen molar-refractivity contribution >= 4 is 23.8 Å². The van der Waals surface area contributed by atoms with E-state index < -0.39 is 35.9 Å². The van der Waals surface area contributed by atoms with Crippen LogP contribution in [0.1, 0.15) is 219 Å². The van der Waals surface area contributed by atoms with Gasteiger partial charge in [0, 0.05) is 12.8 Å². The van der Waals surface area contributed by atoms with Crippen molar-refractivity contribution in [2.75, 3.05) is 13.2 Å². The van der Waals surface area contributed by atoms with E-state index >= 15 is 0 Å². The summed E-state index contributed by atoms with van der Waals surface area (Å²) in [5, 5.41) is 11.6. The molecule has 2 unspecified atom stereocenters. The molecular formula is C42H80N2O7. The van der Waals surface area contributed by atoms with Crippen molar-refractivity contribution in [3.63, 3.8) is 0 Å². The first-order valence-electron chi connectivity index (χ1n) is 21.4. The number of ether oxygens (including phenoxy) is 2. The van der Waals surface area contributed by atoms with Gasteiger partial charge in [-0.15, -0.1) is 0 Å². The zero-order chi connectivity index (χ0) is 37.6. The van der Waals surface area contributed by atoms with Crippen LogP contribution >= 0.6 is 0 Å². The van der Waals surface area contributed by atoms with Gasteiger partial charge >= 0.3 is 17.9 Å². The van der Waals surface area contributed by atoms with Gasteiger partial charge < -0.3 is 25.6 Å². The van der Waals surface area contributed by atoms with Crippen LogP contribution in [0.3, 0.4) is 0 Å². The first-order chi connectivity index (χ1) is 24.8. The summed E-state index contributed by atoms with van der Waals surface area (Å²) in [5.41, 5.74) is 5.52. The number of hydrogen-bond donors (Lipinski definition) is 3. The zero-order valence-corrected chi connectivity index (χ0v) is 33.2. The van der Waals surface area contributed by atoms with E-state index in [2.05, 4.69) is 19.2 Å². The van der Waals surface area contributed by atoms with E-state index in [1.165, 1.54) is 141 Å². The number of aliphatic carboxylic acids is 1. The van der Waals surface area contributed by atoms with Crippen LogP contribution in [0.5, 0.6) is 0 Å². The number of esters is 2. The molecule has 0 aliphatic carbocycles. The van der Waals surface area contributed by atoms with Crippen molar-refractivity contribution in [3.05, 3.63) is 0 Å². The molecule has 0 aromatic carbocycles. The monoisotopic (exact) mass is 725 g/mol. The van der Waals surface area contributed by atoms with Crippen LogP contribution in [0, 0.1) is 0 Å². The Morgan fingerprint density at radius 3 is 1.24 bits per heavy atom. The molecule has 0 spiro atoms. The van der Waals surface area contributed by atoms with E-state index in [9.17, 15) is 19.2 Å². The van der Waals surface area contributed by atoms with E-state index in [4.69, 9.17) is 20.3 Å². The van der Waals surface area contributed by atoms with Crippen molar-refractivity contribution in [2.45, 2.75) is 231 Å². The van der Waals surface area contributed by atoms with Crippen molar-refractivity contribution in [3.8, 4) is 0 Å². The first kappa shape index (κ1) is 48.8. The maximum absolute atomic E-state index is 12.9. The second-order valence-corrected chi connectivity index (χ2v) is 14.7. The lowest BCUT2D eigenvalue weighted by molar-refractivity contribution is -0.149. The van der Waals surface area contributed by atoms with Crippen LogP contribution in [0.25, 0.3) is 0 Å². The highest BCUT2D eigenvalue weighted by molar-refractivity contribution is 5.85. The standard InChI is InChI=1S/C42H80N2O7/c1-3-5-7-9-11-13-15-17-19-21-23-25-27-29-35-50-40(46)34-32-38(44-39(45)33-31-37(43)41(47)48)42(49)51-36-30-28-26-24-22-20-18-16-14-12-10-8-6-4-2/h37-38H,3-36,43H2,1-2H3,(H,44,45)(H,47,48). The Kier molecular flexibility index (Phi) is 36.0. The summed E-state index contributed by atoms with van der Waals surface area (Å²) in [6.07, 6.45) is 34.8. The van der Waals surface area contributed by atoms with Gasteiger partial charge in [0.1, 0.15) is 12.1 Å². The zero-order valence-electron chi connectivity index (χ0n) is 33.2. The largest absolute Gasteiger partial charge is 0.480 e. The van der Waals surface area contributed by atoms with Crippen molar-refractivity contribution in [2.24, 2.45) is 5.73 Å². The SMILES string of the molecule is CCCCCCCCCCCCCCCCOC(=O)CCC(NC(=O)CCC(N)C(=O)O)C(=O)OCCCCCCCCCCCCCCCC. The molecule has 9 nitrogen and oxygen atoms in total. The molecule has 0 aliphatic rings. The van der Waals surface area contributed by atoms with Crippen LogP contribution in [0.4, 0.5) is 0 Å². The summed E-state index contributed by atoms with van der Waals surface area (Å²) < 4.78 is 10.9. The molecule has 4 N–H and O–H groups in total. The van der Waals surface area contributed by atoms with Gasteiger partial charge in [0.25, 0.3) is 0 Å². The minimum Gasteiger partial charge on any atom is -0.480 e.